The van der Waals surface area contributed by atoms with Crippen molar-refractivity contribution in [3.8, 4) is 5.75 Å². The van der Waals surface area contributed by atoms with Crippen molar-refractivity contribution in [1.82, 2.24) is 15.5 Å². The molecule has 1 aromatic rings. The Balaban J connectivity index is 1.23. The largest absolute Gasteiger partial charge is 0.487 e. The standard InChI is InChI=1S/C25H35N3O3/c29-23(26-19-8-5-9-19)16-18-17-25(31-22-11-4-3-10-21(18)22)12-14-28(15-13-25)24(30)27-20-6-1-2-7-20/h3-4,10-11,18-20H,1-2,5-9,12-17H2,(H,26,29)(H,27,30)/t18-/m1/s1. The molecule has 1 spiro atoms. The summed E-state index contributed by atoms with van der Waals surface area (Å²) in [7, 11) is 0. The van der Waals surface area contributed by atoms with E-state index >= 15 is 0 Å². The Morgan fingerprint density at radius 1 is 0.968 bits per heavy atom. The molecular weight excluding hydrogens is 390 g/mol. The van der Waals surface area contributed by atoms with Gasteiger partial charge in [-0.1, -0.05) is 31.0 Å². The number of benzene rings is 1. The van der Waals surface area contributed by atoms with E-state index in [1.165, 1.54) is 19.3 Å². The van der Waals surface area contributed by atoms with E-state index in [-0.39, 0.29) is 23.5 Å². The molecule has 0 aromatic heterocycles. The highest BCUT2D eigenvalue weighted by Gasteiger charge is 2.44. The molecule has 31 heavy (non-hydrogen) atoms. The molecule has 3 amide bonds. The second-order valence-electron chi connectivity index (χ2n) is 10.0. The number of urea groups is 1. The van der Waals surface area contributed by atoms with E-state index in [1.54, 1.807) is 0 Å². The van der Waals surface area contributed by atoms with Crippen LogP contribution in [-0.4, -0.2) is 47.6 Å². The van der Waals surface area contributed by atoms with Crippen molar-refractivity contribution in [3.05, 3.63) is 29.8 Å². The van der Waals surface area contributed by atoms with Crippen molar-refractivity contribution < 1.29 is 14.3 Å². The van der Waals surface area contributed by atoms with Gasteiger partial charge in [0, 0.05) is 50.4 Å². The van der Waals surface area contributed by atoms with Crippen molar-refractivity contribution in [2.45, 2.75) is 94.2 Å². The van der Waals surface area contributed by atoms with Gasteiger partial charge in [0.05, 0.1) is 0 Å². The number of nitrogens with zero attached hydrogens (tertiary/aromatic N) is 1. The van der Waals surface area contributed by atoms with Gasteiger partial charge < -0.3 is 20.3 Å². The molecule has 2 aliphatic carbocycles. The number of nitrogens with one attached hydrogen (secondary N) is 2. The van der Waals surface area contributed by atoms with Crippen molar-refractivity contribution >= 4 is 11.9 Å². The van der Waals surface area contributed by atoms with Crippen molar-refractivity contribution in [2.75, 3.05) is 13.1 Å². The van der Waals surface area contributed by atoms with E-state index in [0.29, 0.717) is 31.6 Å². The lowest BCUT2D eigenvalue weighted by atomic mass is 9.76. The fraction of sp³-hybridized carbons (Fsp3) is 0.680. The van der Waals surface area contributed by atoms with Gasteiger partial charge >= 0.3 is 6.03 Å². The van der Waals surface area contributed by atoms with Crippen LogP contribution in [0.1, 0.15) is 82.1 Å². The zero-order chi connectivity index (χ0) is 21.3. The van der Waals surface area contributed by atoms with Crippen LogP contribution < -0.4 is 15.4 Å². The van der Waals surface area contributed by atoms with Gasteiger partial charge in [-0.15, -0.1) is 0 Å². The molecule has 2 N–H and O–H groups in total. The maximum atomic E-state index is 12.7. The Bertz CT molecular complexity index is 808. The third-order valence-electron chi connectivity index (χ3n) is 7.85. The summed E-state index contributed by atoms with van der Waals surface area (Å²) < 4.78 is 6.56. The number of likely N-dealkylation sites (tertiary alicyclic amines) is 1. The number of carbonyl (C=O) groups is 2. The average Bonchev–Trinajstić information content (AvgIpc) is 3.24. The van der Waals surface area contributed by atoms with E-state index in [0.717, 1.165) is 56.3 Å². The van der Waals surface area contributed by atoms with Crippen LogP contribution in [0.4, 0.5) is 4.79 Å². The van der Waals surface area contributed by atoms with Crippen LogP contribution in [0.25, 0.3) is 0 Å². The Morgan fingerprint density at radius 2 is 1.65 bits per heavy atom. The normalized spacial score (nSPS) is 25.4. The highest BCUT2D eigenvalue weighted by Crippen LogP contribution is 2.46. The molecule has 6 heteroatoms. The molecular formula is C25H35N3O3. The Morgan fingerprint density at radius 3 is 2.35 bits per heavy atom. The topological polar surface area (TPSA) is 70.7 Å². The smallest absolute Gasteiger partial charge is 0.317 e. The highest BCUT2D eigenvalue weighted by molar-refractivity contribution is 5.77. The van der Waals surface area contributed by atoms with Gasteiger partial charge in [0.2, 0.25) is 5.91 Å². The quantitative estimate of drug-likeness (QED) is 0.763. The molecule has 2 saturated carbocycles. The predicted molar refractivity (Wildman–Crippen MR) is 119 cm³/mol. The molecule has 3 fully saturated rings. The minimum atomic E-state index is -0.278. The number of piperidine rings is 1. The highest BCUT2D eigenvalue weighted by atomic mass is 16.5. The SMILES string of the molecule is O=C(C[C@@H]1CC2(CCN(C(=O)NC3CCCC3)CC2)Oc2ccccc21)NC1CCC1. The van der Waals surface area contributed by atoms with Crippen LogP contribution in [0.5, 0.6) is 5.75 Å². The number of fused-ring (bicyclic) bond motifs is 1. The average molecular weight is 426 g/mol. The minimum Gasteiger partial charge on any atom is -0.487 e. The van der Waals surface area contributed by atoms with Gasteiger partial charge in [0.25, 0.3) is 0 Å². The maximum absolute atomic E-state index is 12.7. The number of carbonyl (C=O) groups excluding carboxylic acids is 2. The van der Waals surface area contributed by atoms with Gasteiger partial charge in [0.1, 0.15) is 11.4 Å². The first-order chi connectivity index (χ1) is 15.1. The summed E-state index contributed by atoms with van der Waals surface area (Å²) in [5.41, 5.74) is 0.873. The summed E-state index contributed by atoms with van der Waals surface area (Å²) in [6.45, 7) is 1.42. The second-order valence-corrected chi connectivity index (χ2v) is 10.0. The third-order valence-corrected chi connectivity index (χ3v) is 7.85. The molecule has 0 unspecified atom stereocenters. The first-order valence-electron chi connectivity index (χ1n) is 12.2. The fourth-order valence-corrected chi connectivity index (χ4v) is 5.75. The zero-order valence-electron chi connectivity index (χ0n) is 18.4. The first kappa shape index (κ1) is 20.7. The zero-order valence-corrected chi connectivity index (χ0v) is 18.4. The van der Waals surface area contributed by atoms with Crippen LogP contribution in [0.3, 0.4) is 0 Å². The Labute approximate surface area is 185 Å². The van der Waals surface area contributed by atoms with Gasteiger partial charge in [-0.2, -0.15) is 0 Å². The van der Waals surface area contributed by atoms with Gasteiger partial charge in [-0.25, -0.2) is 4.79 Å². The van der Waals surface area contributed by atoms with Gasteiger partial charge in [0.15, 0.2) is 0 Å². The number of para-hydroxylation sites is 1. The van der Waals surface area contributed by atoms with Crippen molar-refractivity contribution in [1.29, 1.82) is 0 Å². The molecule has 1 saturated heterocycles. The molecule has 1 aromatic carbocycles. The van der Waals surface area contributed by atoms with Crippen LogP contribution in [0.2, 0.25) is 0 Å². The van der Waals surface area contributed by atoms with E-state index < -0.39 is 0 Å². The molecule has 1 atom stereocenters. The molecule has 168 valence electrons. The third kappa shape index (κ3) is 4.53. The monoisotopic (exact) mass is 425 g/mol. The fourth-order valence-electron chi connectivity index (χ4n) is 5.75. The number of rotatable bonds is 4. The summed E-state index contributed by atoms with van der Waals surface area (Å²) in [6, 6.07) is 8.98. The first-order valence-corrected chi connectivity index (χ1v) is 12.2. The van der Waals surface area contributed by atoms with E-state index in [9.17, 15) is 9.59 Å². The summed E-state index contributed by atoms with van der Waals surface area (Å²) in [5, 5.41) is 6.41. The van der Waals surface area contributed by atoms with Crippen molar-refractivity contribution in [3.63, 3.8) is 0 Å². The Kier molecular flexibility index (Phi) is 5.81. The molecule has 2 aliphatic heterocycles. The van der Waals surface area contributed by atoms with Crippen LogP contribution in [0, 0.1) is 0 Å². The minimum absolute atomic E-state index is 0.0781. The summed E-state index contributed by atoms with van der Waals surface area (Å²) in [6.07, 6.45) is 11.1. The molecule has 2 heterocycles. The number of ether oxygens (including phenoxy) is 1. The lowest BCUT2D eigenvalue weighted by Crippen LogP contribution is -2.54. The maximum Gasteiger partial charge on any atom is 0.317 e. The lowest BCUT2D eigenvalue weighted by Gasteiger charge is -2.47. The Hall–Kier alpha value is -2.24. The summed E-state index contributed by atoms with van der Waals surface area (Å²) in [5.74, 6) is 1.25. The van der Waals surface area contributed by atoms with E-state index in [4.69, 9.17) is 4.74 Å². The summed E-state index contributed by atoms with van der Waals surface area (Å²) >= 11 is 0. The van der Waals surface area contributed by atoms with Crippen LogP contribution in [0.15, 0.2) is 24.3 Å². The van der Waals surface area contributed by atoms with E-state index in [1.807, 2.05) is 23.1 Å². The van der Waals surface area contributed by atoms with Crippen molar-refractivity contribution in [2.24, 2.45) is 0 Å². The second kappa shape index (κ2) is 8.71. The van der Waals surface area contributed by atoms with Gasteiger partial charge in [-0.05, 0) is 50.2 Å². The number of hydrogen-bond donors (Lipinski definition) is 2. The number of amides is 3. The molecule has 0 radical (unpaired) electrons. The molecule has 5 rings (SSSR count). The molecule has 4 aliphatic rings. The predicted octanol–water partition coefficient (Wildman–Crippen LogP) is 4.10. The van der Waals surface area contributed by atoms with Crippen LogP contribution >= 0.6 is 0 Å². The van der Waals surface area contributed by atoms with Crippen LogP contribution in [-0.2, 0) is 4.79 Å². The molecule has 0 bridgehead atoms. The van der Waals surface area contributed by atoms with Gasteiger partial charge in [-0.3, -0.25) is 4.79 Å². The lowest BCUT2D eigenvalue weighted by molar-refractivity contribution is -0.123. The summed E-state index contributed by atoms with van der Waals surface area (Å²) in [4.78, 5) is 27.3. The molecule has 6 nitrogen and oxygen atoms in total. The van der Waals surface area contributed by atoms with E-state index in [2.05, 4.69) is 16.7 Å². The number of hydrogen-bond acceptors (Lipinski definition) is 3.